The van der Waals surface area contributed by atoms with Gasteiger partial charge in [0.05, 0.1) is 0 Å². The van der Waals surface area contributed by atoms with Crippen molar-refractivity contribution in [3.05, 3.63) is 71.8 Å². The first-order valence-electron chi connectivity index (χ1n) is 5.33. The normalized spacial score (nSPS) is 10.2. The van der Waals surface area contributed by atoms with Crippen LogP contribution in [0, 0.1) is 0 Å². The zero-order valence-electron chi connectivity index (χ0n) is 9.24. The van der Waals surface area contributed by atoms with Crippen molar-refractivity contribution in [3.63, 3.8) is 0 Å². The maximum absolute atomic E-state index is 11.2. The summed E-state index contributed by atoms with van der Waals surface area (Å²) in [6.07, 6.45) is -0.292. The second-order valence-electron chi connectivity index (χ2n) is 3.64. The molecule has 0 heterocycles. The van der Waals surface area contributed by atoms with Gasteiger partial charge in [-0.2, -0.15) is 0 Å². The van der Waals surface area contributed by atoms with Gasteiger partial charge in [0, 0.05) is 0 Å². The van der Waals surface area contributed by atoms with Gasteiger partial charge in [0.15, 0.2) is 0 Å². The van der Waals surface area contributed by atoms with Crippen LogP contribution in [-0.4, -0.2) is 26.5 Å². The van der Waals surface area contributed by atoms with Gasteiger partial charge in [0.1, 0.15) is 0 Å². The summed E-state index contributed by atoms with van der Waals surface area (Å²) >= 11 is 0.473. The fraction of sp³-hybridized carbons (Fsp3) is 0.0714. The molecular weight excluding hydrogens is 319 g/mol. The summed E-state index contributed by atoms with van der Waals surface area (Å²) in [6, 6.07) is 19.6. The van der Waals surface area contributed by atoms with E-state index in [1.165, 1.54) is 0 Å². The Hall–Kier alpha value is -1.29. The van der Waals surface area contributed by atoms with Crippen LogP contribution in [0.15, 0.2) is 60.7 Å². The predicted molar refractivity (Wildman–Crippen MR) is 68.4 cm³/mol. The molecule has 0 aliphatic rings. The van der Waals surface area contributed by atoms with Crippen LogP contribution >= 0.6 is 0 Å². The number of rotatable bonds is 3. The zero-order valence-corrected chi connectivity index (χ0v) is 12.5. The molecule has 0 spiro atoms. The van der Waals surface area contributed by atoms with Crippen molar-refractivity contribution < 1.29 is 9.53 Å². The number of carbonyl (C=O) groups is 1. The third kappa shape index (κ3) is 3.33. The van der Waals surface area contributed by atoms with Gasteiger partial charge < -0.3 is 0 Å². The van der Waals surface area contributed by atoms with E-state index in [0.29, 0.717) is 22.5 Å². The third-order valence-electron chi connectivity index (χ3n) is 2.44. The molecule has 0 amide bonds. The number of benzene rings is 2. The van der Waals surface area contributed by atoms with E-state index >= 15 is 0 Å². The molecule has 0 bridgehead atoms. The quantitative estimate of drug-likeness (QED) is 0.809. The van der Waals surface area contributed by atoms with Crippen molar-refractivity contribution in [2.45, 2.75) is 6.10 Å². The summed E-state index contributed by atoms with van der Waals surface area (Å²) in [5.41, 5.74) is 2.00. The first-order chi connectivity index (χ1) is 8.27. The first-order valence-corrected chi connectivity index (χ1v) is 6.98. The van der Waals surface area contributed by atoms with Crippen molar-refractivity contribution >= 4 is 26.5 Å². The van der Waals surface area contributed by atoms with Crippen LogP contribution in [0.5, 0.6) is 0 Å². The molecule has 0 N–H and O–H groups in total. The Bertz CT molecular complexity index is 443. The van der Waals surface area contributed by atoms with Crippen molar-refractivity contribution in [1.29, 1.82) is 0 Å². The molecule has 84 valence electrons. The molecule has 17 heavy (non-hydrogen) atoms. The van der Waals surface area contributed by atoms with Gasteiger partial charge >= 0.3 is 114 Å². The molecule has 2 nitrogen and oxygen atoms in total. The van der Waals surface area contributed by atoms with Crippen LogP contribution < -0.4 is 0 Å². The van der Waals surface area contributed by atoms with Crippen LogP contribution in [-0.2, 0) is 4.74 Å². The van der Waals surface area contributed by atoms with E-state index in [1.807, 2.05) is 60.7 Å². The van der Waals surface area contributed by atoms with Gasteiger partial charge in [-0.05, 0) is 0 Å². The Kier molecular flexibility index (Phi) is 4.20. The Morgan fingerprint density at radius 2 is 1.29 bits per heavy atom. The summed E-state index contributed by atoms with van der Waals surface area (Å²) in [6.45, 7) is 0. The Balaban J connectivity index is 2.36. The predicted octanol–water partition coefficient (Wildman–Crippen LogP) is 2.81. The van der Waals surface area contributed by atoms with Crippen LogP contribution in [0.1, 0.15) is 17.2 Å². The number of carbonyl (C=O) groups excluding carboxylic acids is 1. The van der Waals surface area contributed by atoms with E-state index in [1.54, 1.807) is 0 Å². The number of hydrogen-bond donors (Lipinski definition) is 0. The molecule has 2 aromatic carbocycles. The van der Waals surface area contributed by atoms with Crippen LogP contribution in [0.2, 0.25) is 0 Å². The molecule has 2 radical (unpaired) electrons. The standard InChI is InChI=1S/C14H11O2.Sn.H/c15-11-16-14(12-7-3-1-4-8-12)13-9-5-2-6-10-13;;/h1-10,14H;;. The van der Waals surface area contributed by atoms with Gasteiger partial charge in [0.2, 0.25) is 0 Å². The summed E-state index contributed by atoms with van der Waals surface area (Å²) in [5, 5.41) is 0. The summed E-state index contributed by atoms with van der Waals surface area (Å²) in [7, 11) is 0. The minimum atomic E-state index is -0.292. The number of ether oxygens (including phenoxy) is 1. The summed E-state index contributed by atoms with van der Waals surface area (Å²) < 4.78 is 5.30. The van der Waals surface area contributed by atoms with Gasteiger partial charge in [-0.25, -0.2) is 0 Å². The number of hydrogen-bond acceptors (Lipinski definition) is 2. The molecule has 0 atom stereocenters. The van der Waals surface area contributed by atoms with E-state index < -0.39 is 0 Å². The zero-order chi connectivity index (χ0) is 12.1. The van der Waals surface area contributed by atoms with E-state index in [9.17, 15) is 4.79 Å². The van der Waals surface area contributed by atoms with Gasteiger partial charge in [-0.15, -0.1) is 0 Å². The fourth-order valence-electron chi connectivity index (χ4n) is 1.70. The summed E-state index contributed by atoms with van der Waals surface area (Å²) in [4.78, 5) is 11.2. The molecule has 0 unspecified atom stereocenters. The van der Waals surface area contributed by atoms with Crippen molar-refractivity contribution in [2.75, 3.05) is 0 Å². The van der Waals surface area contributed by atoms with Crippen molar-refractivity contribution in [3.8, 4) is 0 Å². The van der Waals surface area contributed by atoms with Crippen molar-refractivity contribution in [2.24, 2.45) is 0 Å². The summed E-state index contributed by atoms with van der Waals surface area (Å²) in [5.74, 6) is 0. The second kappa shape index (κ2) is 5.87. The Labute approximate surface area is 114 Å². The monoisotopic (exact) mass is 332 g/mol. The fourth-order valence-corrected chi connectivity index (χ4v) is 2.09. The van der Waals surface area contributed by atoms with Gasteiger partial charge in [-0.3, -0.25) is 0 Å². The topological polar surface area (TPSA) is 26.3 Å². The molecule has 2 aromatic rings. The van der Waals surface area contributed by atoms with E-state index in [4.69, 9.17) is 4.74 Å². The van der Waals surface area contributed by atoms with Crippen LogP contribution in [0.4, 0.5) is 4.79 Å². The van der Waals surface area contributed by atoms with Crippen molar-refractivity contribution in [1.82, 2.24) is 0 Å². The third-order valence-corrected chi connectivity index (χ3v) is 2.83. The molecule has 0 saturated carbocycles. The molecule has 0 aliphatic heterocycles. The second-order valence-corrected chi connectivity index (χ2v) is 4.98. The van der Waals surface area contributed by atoms with E-state index in [2.05, 4.69) is 0 Å². The Morgan fingerprint density at radius 1 is 0.882 bits per heavy atom. The average molecular weight is 331 g/mol. The molecule has 0 aromatic heterocycles. The Morgan fingerprint density at radius 3 is 1.65 bits per heavy atom. The molecule has 0 saturated heterocycles. The van der Waals surface area contributed by atoms with Crippen LogP contribution in [0.25, 0.3) is 0 Å². The molecule has 2 rings (SSSR count). The van der Waals surface area contributed by atoms with E-state index in [0.717, 1.165) is 11.1 Å². The minimum absolute atomic E-state index is 0.145. The first kappa shape index (κ1) is 12.2. The maximum atomic E-state index is 11.2. The molecular formula is C14H12O2Sn. The average Bonchev–Trinajstić information content (AvgIpc) is 2.38. The molecule has 0 fully saturated rings. The van der Waals surface area contributed by atoms with Gasteiger partial charge in [0.25, 0.3) is 0 Å². The molecule has 0 aliphatic carbocycles. The SMILES string of the molecule is O=[C]([SnH])OC(c1ccccc1)c1ccccc1. The van der Waals surface area contributed by atoms with Gasteiger partial charge in [-0.1, -0.05) is 0 Å². The molecule has 3 heteroatoms. The van der Waals surface area contributed by atoms with Crippen LogP contribution in [0.3, 0.4) is 0 Å². The van der Waals surface area contributed by atoms with E-state index in [-0.39, 0.29) is 10.1 Å².